The Labute approximate surface area is 165 Å². The molecule has 0 bridgehead atoms. The van der Waals surface area contributed by atoms with Crippen LogP contribution >= 0.6 is 11.3 Å². The Hall–Kier alpha value is -2.61. The molecule has 1 fully saturated rings. The summed E-state index contributed by atoms with van der Waals surface area (Å²) in [5.41, 5.74) is -0.115. The van der Waals surface area contributed by atoms with Crippen LogP contribution in [0.15, 0.2) is 30.6 Å². The molecule has 0 atom stereocenters. The minimum absolute atomic E-state index is 0.115. The highest BCUT2D eigenvalue weighted by molar-refractivity contribution is 7.18. The first-order valence-corrected chi connectivity index (χ1v) is 10.1. The maximum atomic E-state index is 13.8. The van der Waals surface area contributed by atoms with Crippen molar-refractivity contribution in [1.29, 1.82) is 0 Å². The second kappa shape index (κ2) is 7.79. The average molecular weight is 402 g/mol. The maximum absolute atomic E-state index is 13.8. The summed E-state index contributed by atoms with van der Waals surface area (Å²) in [4.78, 5) is 25.7. The predicted molar refractivity (Wildman–Crippen MR) is 107 cm³/mol. The number of anilines is 2. The summed E-state index contributed by atoms with van der Waals surface area (Å²) >= 11 is 1.68. The minimum Gasteiger partial charge on any atom is -0.356 e. The summed E-state index contributed by atoms with van der Waals surface area (Å²) in [5, 5.41) is 3.57. The van der Waals surface area contributed by atoms with Gasteiger partial charge in [0.25, 0.3) is 0 Å². The van der Waals surface area contributed by atoms with Crippen molar-refractivity contribution in [3.05, 3.63) is 47.1 Å². The number of nitrogens with zero attached hydrogens (tertiary/aromatic N) is 3. The molecule has 1 N–H and O–H groups in total. The smallest absolute Gasteiger partial charge is 0.227 e. The number of carbonyl (C=O) groups excluding carboxylic acids is 1. The molecule has 2 aromatic heterocycles. The molecule has 0 radical (unpaired) electrons. The van der Waals surface area contributed by atoms with Crippen molar-refractivity contribution < 1.29 is 13.6 Å². The highest BCUT2D eigenvalue weighted by Crippen LogP contribution is 2.32. The number of nitrogens with one attached hydrogen (secondary N) is 1. The Morgan fingerprint density at radius 3 is 2.79 bits per heavy atom. The lowest BCUT2D eigenvalue weighted by Crippen LogP contribution is -2.38. The van der Waals surface area contributed by atoms with Crippen LogP contribution in [0.2, 0.25) is 0 Å². The second-order valence-electron chi connectivity index (χ2n) is 6.86. The zero-order valence-electron chi connectivity index (χ0n) is 15.4. The molecule has 0 spiro atoms. The summed E-state index contributed by atoms with van der Waals surface area (Å²) in [5.74, 6) is -0.844. The number of piperidine rings is 1. The maximum Gasteiger partial charge on any atom is 0.227 e. The van der Waals surface area contributed by atoms with Crippen LogP contribution in [0.4, 0.5) is 20.3 Å². The lowest BCUT2D eigenvalue weighted by molar-refractivity contribution is -0.120. The number of hydrogen-bond donors (Lipinski definition) is 1. The van der Waals surface area contributed by atoms with Gasteiger partial charge in [-0.1, -0.05) is 6.92 Å². The van der Waals surface area contributed by atoms with E-state index in [0.29, 0.717) is 25.9 Å². The number of thiophene rings is 1. The van der Waals surface area contributed by atoms with Gasteiger partial charge in [0.2, 0.25) is 5.91 Å². The molecule has 0 saturated carbocycles. The van der Waals surface area contributed by atoms with Gasteiger partial charge in [-0.15, -0.1) is 11.3 Å². The van der Waals surface area contributed by atoms with Crippen LogP contribution in [0.5, 0.6) is 0 Å². The summed E-state index contributed by atoms with van der Waals surface area (Å²) in [6.07, 6.45) is 3.79. The third-order valence-electron chi connectivity index (χ3n) is 5.06. The number of aromatic nitrogens is 2. The van der Waals surface area contributed by atoms with Crippen LogP contribution in [0, 0.1) is 17.6 Å². The molecule has 5 nitrogen and oxygen atoms in total. The first kappa shape index (κ1) is 18.7. The van der Waals surface area contributed by atoms with Crippen molar-refractivity contribution >= 4 is 39.0 Å². The quantitative estimate of drug-likeness (QED) is 0.703. The molecule has 1 aliphatic heterocycles. The van der Waals surface area contributed by atoms with E-state index in [1.807, 2.05) is 0 Å². The number of amides is 1. The van der Waals surface area contributed by atoms with Gasteiger partial charge >= 0.3 is 0 Å². The van der Waals surface area contributed by atoms with E-state index >= 15 is 0 Å². The fraction of sp³-hybridized carbons (Fsp3) is 0.350. The van der Waals surface area contributed by atoms with E-state index in [4.69, 9.17) is 0 Å². The third-order valence-corrected chi connectivity index (χ3v) is 6.25. The predicted octanol–water partition coefficient (Wildman–Crippen LogP) is 4.39. The number of aryl methyl sites for hydroxylation is 1. The van der Waals surface area contributed by atoms with E-state index < -0.39 is 11.6 Å². The third kappa shape index (κ3) is 3.69. The second-order valence-corrected chi connectivity index (χ2v) is 7.97. The molecular formula is C20H20F2N4OS. The molecule has 1 aliphatic rings. The Bertz CT molecular complexity index is 1010. The standard InChI is InChI=1S/C20H20F2N4OS/c1-2-14-10-15-18(23-11-24-20(15)28-14)26-7-5-12(6-8-26)19(27)25-17-9-13(21)3-4-16(17)22/h3-4,9-12H,2,5-8H2,1H3,(H,25,27). The molecule has 1 aromatic carbocycles. The normalized spacial score (nSPS) is 15.2. The van der Waals surface area contributed by atoms with Crippen molar-refractivity contribution in [2.75, 3.05) is 23.3 Å². The molecule has 28 heavy (non-hydrogen) atoms. The zero-order chi connectivity index (χ0) is 19.7. The SMILES string of the molecule is CCc1cc2c(N3CCC(C(=O)Nc4cc(F)ccc4F)CC3)ncnc2s1. The highest BCUT2D eigenvalue weighted by atomic mass is 32.1. The summed E-state index contributed by atoms with van der Waals surface area (Å²) in [6, 6.07) is 5.18. The monoisotopic (exact) mass is 402 g/mol. The fourth-order valence-electron chi connectivity index (χ4n) is 3.50. The van der Waals surface area contributed by atoms with Crippen LogP contribution in [0.1, 0.15) is 24.6 Å². The number of fused-ring (bicyclic) bond motifs is 1. The lowest BCUT2D eigenvalue weighted by atomic mass is 9.95. The van der Waals surface area contributed by atoms with E-state index in [0.717, 1.165) is 40.7 Å². The van der Waals surface area contributed by atoms with Crippen molar-refractivity contribution in [2.45, 2.75) is 26.2 Å². The van der Waals surface area contributed by atoms with Crippen molar-refractivity contribution in [3.63, 3.8) is 0 Å². The van der Waals surface area contributed by atoms with Crippen LogP contribution in [-0.2, 0) is 11.2 Å². The first-order valence-electron chi connectivity index (χ1n) is 9.29. The van der Waals surface area contributed by atoms with Gasteiger partial charge in [-0.2, -0.15) is 0 Å². The van der Waals surface area contributed by atoms with Crippen molar-refractivity contribution in [1.82, 2.24) is 9.97 Å². The number of hydrogen-bond acceptors (Lipinski definition) is 5. The molecule has 3 heterocycles. The van der Waals surface area contributed by atoms with Gasteiger partial charge in [0, 0.05) is 30.0 Å². The van der Waals surface area contributed by atoms with Gasteiger partial charge in [0.1, 0.15) is 28.6 Å². The van der Waals surface area contributed by atoms with Gasteiger partial charge < -0.3 is 10.2 Å². The van der Waals surface area contributed by atoms with E-state index in [1.165, 1.54) is 4.88 Å². The summed E-state index contributed by atoms with van der Waals surface area (Å²) in [7, 11) is 0. The minimum atomic E-state index is -0.639. The molecule has 8 heteroatoms. The topological polar surface area (TPSA) is 58.1 Å². The average Bonchev–Trinajstić information content (AvgIpc) is 3.14. The number of benzene rings is 1. The molecule has 1 amide bonds. The first-order chi connectivity index (χ1) is 13.5. The highest BCUT2D eigenvalue weighted by Gasteiger charge is 2.27. The van der Waals surface area contributed by atoms with Crippen LogP contribution in [0.3, 0.4) is 0 Å². The van der Waals surface area contributed by atoms with Crippen LogP contribution < -0.4 is 10.2 Å². The number of carbonyl (C=O) groups is 1. The molecule has 1 saturated heterocycles. The van der Waals surface area contributed by atoms with Crippen LogP contribution in [0.25, 0.3) is 10.2 Å². The molecule has 3 aromatic rings. The van der Waals surface area contributed by atoms with E-state index in [2.05, 4.69) is 33.2 Å². The van der Waals surface area contributed by atoms with Gasteiger partial charge in [-0.25, -0.2) is 18.7 Å². The zero-order valence-corrected chi connectivity index (χ0v) is 16.2. The molecule has 0 aliphatic carbocycles. The van der Waals surface area contributed by atoms with E-state index in [9.17, 15) is 13.6 Å². The Morgan fingerprint density at radius 1 is 1.25 bits per heavy atom. The molecule has 0 unspecified atom stereocenters. The van der Waals surface area contributed by atoms with Crippen molar-refractivity contribution in [3.8, 4) is 0 Å². The lowest BCUT2D eigenvalue weighted by Gasteiger charge is -2.32. The van der Waals surface area contributed by atoms with Gasteiger partial charge in [-0.05, 0) is 37.5 Å². The van der Waals surface area contributed by atoms with Crippen LogP contribution in [-0.4, -0.2) is 29.0 Å². The Morgan fingerprint density at radius 2 is 2.04 bits per heavy atom. The van der Waals surface area contributed by atoms with Gasteiger partial charge in [0.15, 0.2) is 0 Å². The molecular weight excluding hydrogens is 382 g/mol. The van der Waals surface area contributed by atoms with E-state index in [1.54, 1.807) is 17.7 Å². The molecule has 146 valence electrons. The van der Waals surface area contributed by atoms with Crippen molar-refractivity contribution in [2.24, 2.45) is 5.92 Å². The van der Waals surface area contributed by atoms with Gasteiger partial charge in [0.05, 0.1) is 11.1 Å². The molecule has 4 rings (SSSR count). The Balaban J connectivity index is 1.44. The fourth-order valence-corrected chi connectivity index (χ4v) is 4.43. The van der Waals surface area contributed by atoms with Gasteiger partial charge in [-0.3, -0.25) is 4.79 Å². The largest absolute Gasteiger partial charge is 0.356 e. The summed E-state index contributed by atoms with van der Waals surface area (Å²) in [6.45, 7) is 3.46. The Kier molecular flexibility index (Phi) is 5.21. The van der Waals surface area contributed by atoms with E-state index in [-0.39, 0.29) is 17.5 Å². The summed E-state index contributed by atoms with van der Waals surface area (Å²) < 4.78 is 27.1. The number of rotatable bonds is 4. The number of halogens is 2.